The van der Waals surface area contributed by atoms with E-state index in [1.165, 1.54) is 0 Å². The van der Waals surface area contributed by atoms with E-state index in [4.69, 9.17) is 10.2 Å². The minimum absolute atomic E-state index is 0.521. The molecular formula is C6H6O6. The molecule has 0 saturated heterocycles. The standard InChI is InChI=1S/C6H6O6/c7-3-6(11)12-5(10)2-1-4(8)9/h1-2,7H,3H2,(H,8,9)/b2-1-. The summed E-state index contributed by atoms with van der Waals surface area (Å²) in [6.45, 7) is -0.924. The number of carbonyl (C=O) groups excluding carboxylic acids is 2. The largest absolute Gasteiger partial charge is 0.478 e. The molecule has 6 nitrogen and oxygen atoms in total. The van der Waals surface area contributed by atoms with E-state index in [9.17, 15) is 14.4 Å². The molecule has 12 heavy (non-hydrogen) atoms. The molecule has 0 unspecified atom stereocenters. The van der Waals surface area contributed by atoms with E-state index in [0.29, 0.717) is 12.2 Å². The van der Waals surface area contributed by atoms with Crippen molar-refractivity contribution in [3.63, 3.8) is 0 Å². The molecule has 0 bridgehead atoms. The molecular weight excluding hydrogens is 168 g/mol. The lowest BCUT2D eigenvalue weighted by molar-refractivity contribution is -0.158. The molecule has 0 saturated carbocycles. The Balaban J connectivity index is 3.90. The first-order valence-corrected chi connectivity index (χ1v) is 2.82. The van der Waals surface area contributed by atoms with E-state index < -0.39 is 24.5 Å². The number of carbonyl (C=O) groups is 3. The molecule has 0 amide bonds. The summed E-state index contributed by atoms with van der Waals surface area (Å²) in [5, 5.41) is 16.1. The third-order valence-electron chi connectivity index (χ3n) is 0.706. The second-order valence-electron chi connectivity index (χ2n) is 1.62. The van der Waals surface area contributed by atoms with Crippen LogP contribution in [-0.4, -0.2) is 34.7 Å². The smallest absolute Gasteiger partial charge is 0.339 e. The molecule has 0 aromatic heterocycles. The highest BCUT2D eigenvalue weighted by Crippen LogP contribution is 1.82. The zero-order valence-electron chi connectivity index (χ0n) is 5.89. The van der Waals surface area contributed by atoms with Crippen molar-refractivity contribution < 1.29 is 29.3 Å². The van der Waals surface area contributed by atoms with Gasteiger partial charge in [-0.1, -0.05) is 0 Å². The minimum Gasteiger partial charge on any atom is -0.478 e. The summed E-state index contributed by atoms with van der Waals surface area (Å²) in [6, 6.07) is 0. The predicted molar refractivity (Wildman–Crippen MR) is 35.0 cm³/mol. The molecule has 0 aromatic rings. The summed E-state index contributed by atoms with van der Waals surface area (Å²) in [5.41, 5.74) is 0. The molecule has 6 heteroatoms. The Morgan fingerprint density at radius 2 is 1.83 bits per heavy atom. The highest BCUT2D eigenvalue weighted by Gasteiger charge is 2.05. The van der Waals surface area contributed by atoms with Crippen LogP contribution in [0.4, 0.5) is 0 Å². The first-order chi connectivity index (χ1) is 5.56. The highest BCUT2D eigenvalue weighted by molar-refractivity contribution is 5.96. The average Bonchev–Trinajstić information content (AvgIpc) is 2.00. The minimum atomic E-state index is -1.33. The summed E-state index contributed by atoms with van der Waals surface area (Å²) in [5.74, 6) is -3.59. The molecule has 0 aliphatic heterocycles. The summed E-state index contributed by atoms with van der Waals surface area (Å²) in [4.78, 5) is 30.4. The van der Waals surface area contributed by atoms with Crippen LogP contribution in [0.5, 0.6) is 0 Å². The Bertz CT molecular complexity index is 228. The molecule has 0 spiro atoms. The predicted octanol–water partition coefficient (Wildman–Crippen LogP) is -1.31. The molecule has 2 N–H and O–H groups in total. The van der Waals surface area contributed by atoms with E-state index in [2.05, 4.69) is 4.74 Å². The van der Waals surface area contributed by atoms with Gasteiger partial charge in [0.1, 0.15) is 6.61 Å². The lowest BCUT2D eigenvalue weighted by atomic mass is 10.5. The lowest BCUT2D eigenvalue weighted by Gasteiger charge is -1.93. The molecule has 0 radical (unpaired) electrons. The van der Waals surface area contributed by atoms with Crippen molar-refractivity contribution in [3.8, 4) is 0 Å². The molecule has 0 fully saturated rings. The summed E-state index contributed by atoms with van der Waals surface area (Å²) in [7, 11) is 0. The Labute approximate surface area is 67.1 Å². The van der Waals surface area contributed by atoms with Crippen LogP contribution in [-0.2, 0) is 19.1 Å². The average molecular weight is 174 g/mol. The number of hydrogen-bond donors (Lipinski definition) is 2. The van der Waals surface area contributed by atoms with E-state index >= 15 is 0 Å². The van der Waals surface area contributed by atoms with Gasteiger partial charge in [-0.2, -0.15) is 0 Å². The van der Waals surface area contributed by atoms with Gasteiger partial charge in [-0.3, -0.25) is 0 Å². The van der Waals surface area contributed by atoms with Crippen molar-refractivity contribution in [3.05, 3.63) is 12.2 Å². The summed E-state index contributed by atoms with van der Waals surface area (Å²) in [6.07, 6.45) is 1.09. The Hall–Kier alpha value is -1.69. The topological polar surface area (TPSA) is 101 Å². The summed E-state index contributed by atoms with van der Waals surface area (Å²) >= 11 is 0. The van der Waals surface area contributed by atoms with Gasteiger partial charge >= 0.3 is 17.9 Å². The van der Waals surface area contributed by atoms with E-state index in [1.54, 1.807) is 0 Å². The van der Waals surface area contributed by atoms with Gasteiger partial charge in [-0.25, -0.2) is 14.4 Å². The van der Waals surface area contributed by atoms with Crippen molar-refractivity contribution in [2.45, 2.75) is 0 Å². The fraction of sp³-hybridized carbons (Fsp3) is 0.167. The number of aliphatic hydroxyl groups is 1. The number of esters is 2. The first kappa shape index (κ1) is 10.3. The first-order valence-electron chi connectivity index (χ1n) is 2.82. The number of hydrogen-bond acceptors (Lipinski definition) is 5. The normalized spacial score (nSPS) is 9.75. The van der Waals surface area contributed by atoms with E-state index in [-0.39, 0.29) is 0 Å². The lowest BCUT2D eigenvalue weighted by Crippen LogP contribution is -2.13. The summed E-state index contributed by atoms with van der Waals surface area (Å²) < 4.78 is 3.87. The number of carboxylic acids is 1. The number of carboxylic acid groups (broad SMARTS) is 1. The molecule has 66 valence electrons. The fourth-order valence-electron chi connectivity index (χ4n) is 0.318. The third kappa shape index (κ3) is 5.12. The second-order valence-corrected chi connectivity index (χ2v) is 1.62. The van der Waals surface area contributed by atoms with Gasteiger partial charge < -0.3 is 14.9 Å². The van der Waals surface area contributed by atoms with Crippen LogP contribution in [0, 0.1) is 0 Å². The van der Waals surface area contributed by atoms with E-state index in [1.807, 2.05) is 0 Å². The van der Waals surface area contributed by atoms with Crippen LogP contribution < -0.4 is 0 Å². The van der Waals surface area contributed by atoms with Crippen molar-refractivity contribution >= 4 is 17.9 Å². The number of aliphatic hydroxyl groups excluding tert-OH is 1. The molecule has 0 heterocycles. The number of rotatable bonds is 3. The zero-order chi connectivity index (χ0) is 9.56. The molecule has 0 aliphatic carbocycles. The maximum Gasteiger partial charge on any atom is 0.339 e. The SMILES string of the molecule is O=C(O)/C=C\C(=O)OC(=O)CO. The van der Waals surface area contributed by atoms with Gasteiger partial charge in [0.25, 0.3) is 0 Å². The van der Waals surface area contributed by atoms with Crippen LogP contribution in [0.2, 0.25) is 0 Å². The monoisotopic (exact) mass is 174 g/mol. The van der Waals surface area contributed by atoms with Crippen molar-refractivity contribution in [2.24, 2.45) is 0 Å². The van der Waals surface area contributed by atoms with Crippen molar-refractivity contribution in [2.75, 3.05) is 6.61 Å². The van der Waals surface area contributed by atoms with Gasteiger partial charge in [-0.05, 0) is 0 Å². The maximum atomic E-state index is 10.4. The van der Waals surface area contributed by atoms with Crippen LogP contribution in [0.15, 0.2) is 12.2 Å². The van der Waals surface area contributed by atoms with Crippen LogP contribution in [0.25, 0.3) is 0 Å². The molecule has 0 aromatic carbocycles. The third-order valence-corrected chi connectivity index (χ3v) is 0.706. The van der Waals surface area contributed by atoms with Gasteiger partial charge in [0.2, 0.25) is 0 Å². The Morgan fingerprint density at radius 3 is 2.25 bits per heavy atom. The van der Waals surface area contributed by atoms with Gasteiger partial charge in [-0.15, -0.1) is 0 Å². The fourth-order valence-corrected chi connectivity index (χ4v) is 0.318. The Kier molecular flexibility index (Phi) is 4.32. The quantitative estimate of drug-likeness (QED) is 0.313. The van der Waals surface area contributed by atoms with Crippen LogP contribution >= 0.6 is 0 Å². The van der Waals surface area contributed by atoms with Crippen LogP contribution in [0.1, 0.15) is 0 Å². The van der Waals surface area contributed by atoms with Gasteiger partial charge in [0, 0.05) is 12.2 Å². The highest BCUT2D eigenvalue weighted by atomic mass is 16.6. The van der Waals surface area contributed by atoms with E-state index in [0.717, 1.165) is 0 Å². The number of aliphatic carboxylic acids is 1. The molecule has 0 rings (SSSR count). The number of ether oxygens (including phenoxy) is 1. The maximum absolute atomic E-state index is 10.4. The van der Waals surface area contributed by atoms with Crippen molar-refractivity contribution in [1.29, 1.82) is 0 Å². The van der Waals surface area contributed by atoms with Crippen molar-refractivity contribution in [1.82, 2.24) is 0 Å². The van der Waals surface area contributed by atoms with Gasteiger partial charge in [0.05, 0.1) is 0 Å². The molecule has 0 aliphatic rings. The van der Waals surface area contributed by atoms with Crippen LogP contribution in [0.3, 0.4) is 0 Å². The Morgan fingerprint density at radius 1 is 1.25 bits per heavy atom. The molecule has 0 atom stereocenters. The zero-order valence-corrected chi connectivity index (χ0v) is 5.89. The second kappa shape index (κ2) is 5.03. The van der Waals surface area contributed by atoms with Gasteiger partial charge in [0.15, 0.2) is 0 Å².